The Hall–Kier alpha value is -1.80. The highest BCUT2D eigenvalue weighted by Gasteiger charge is 2.16. The van der Waals surface area contributed by atoms with Crippen molar-refractivity contribution in [2.45, 2.75) is 13.8 Å². The molecule has 0 atom stereocenters. The molecule has 0 unspecified atom stereocenters. The molecule has 1 aromatic rings. The van der Waals surface area contributed by atoms with Gasteiger partial charge in [-0.1, -0.05) is 0 Å². The predicted molar refractivity (Wildman–Crippen MR) is 78.6 cm³/mol. The third-order valence-electron chi connectivity index (χ3n) is 2.70. The summed E-state index contributed by atoms with van der Waals surface area (Å²) in [5, 5.41) is 0. The Morgan fingerprint density at radius 3 is 1.95 bits per heavy atom. The molecule has 0 heterocycles. The molecule has 0 saturated heterocycles. The van der Waals surface area contributed by atoms with E-state index in [2.05, 4.69) is 0 Å². The summed E-state index contributed by atoms with van der Waals surface area (Å²) in [6.07, 6.45) is -0.449. The second-order valence-electron chi connectivity index (χ2n) is 4.34. The fourth-order valence-corrected chi connectivity index (χ4v) is 1.91. The average molecular weight is 316 g/mol. The van der Waals surface area contributed by atoms with Gasteiger partial charge >= 0.3 is 16.4 Å². The molecule has 7 nitrogen and oxygen atoms in total. The largest absolute Gasteiger partial charge is 0.415 e. The van der Waals surface area contributed by atoms with Crippen molar-refractivity contribution in [3.05, 3.63) is 24.3 Å². The Morgan fingerprint density at radius 1 is 1.05 bits per heavy atom. The normalized spacial score (nSPS) is 11.3. The first kappa shape index (κ1) is 17.3. The van der Waals surface area contributed by atoms with Crippen LogP contribution in [-0.2, 0) is 10.3 Å². The molecule has 1 aromatic carbocycles. The fraction of sp³-hybridized carbons (Fsp3) is 0.462. The number of benzene rings is 1. The molecule has 118 valence electrons. The highest BCUT2D eigenvalue weighted by Crippen LogP contribution is 2.20. The molecular weight excluding hydrogens is 296 g/mol. The first-order chi connectivity index (χ1) is 9.80. The van der Waals surface area contributed by atoms with Crippen molar-refractivity contribution in [1.29, 1.82) is 0 Å². The molecule has 0 bridgehead atoms. The Morgan fingerprint density at radius 2 is 1.52 bits per heavy atom. The SMILES string of the molecule is CCN(CC)C(=O)Oc1ccc(OS(=O)(=O)N(C)C)cc1. The lowest BCUT2D eigenvalue weighted by Crippen LogP contribution is -2.33. The van der Waals surface area contributed by atoms with Gasteiger partial charge in [0.25, 0.3) is 0 Å². The van der Waals surface area contributed by atoms with E-state index in [9.17, 15) is 13.2 Å². The third-order valence-corrected chi connectivity index (χ3v) is 4.00. The molecule has 0 spiro atoms. The zero-order valence-electron chi connectivity index (χ0n) is 12.6. The Balaban J connectivity index is 2.73. The van der Waals surface area contributed by atoms with Gasteiger partial charge in [0, 0.05) is 27.2 Å². The molecule has 0 radical (unpaired) electrons. The number of carbonyl (C=O) groups is 1. The van der Waals surface area contributed by atoms with E-state index in [1.54, 1.807) is 0 Å². The van der Waals surface area contributed by atoms with E-state index in [4.69, 9.17) is 8.92 Å². The second-order valence-corrected chi connectivity index (χ2v) is 6.09. The molecule has 0 aliphatic carbocycles. The lowest BCUT2D eigenvalue weighted by molar-refractivity contribution is 0.157. The number of carbonyl (C=O) groups excluding carboxylic acids is 1. The summed E-state index contributed by atoms with van der Waals surface area (Å²) in [5.41, 5.74) is 0. The topological polar surface area (TPSA) is 76.1 Å². The third kappa shape index (κ3) is 4.91. The number of hydrogen-bond donors (Lipinski definition) is 0. The Bertz CT molecular complexity index is 565. The van der Waals surface area contributed by atoms with Gasteiger partial charge in [-0.25, -0.2) is 4.79 Å². The van der Waals surface area contributed by atoms with Crippen LogP contribution in [0.4, 0.5) is 4.79 Å². The van der Waals surface area contributed by atoms with Gasteiger partial charge in [-0.3, -0.25) is 0 Å². The van der Waals surface area contributed by atoms with Crippen LogP contribution in [0.2, 0.25) is 0 Å². The van der Waals surface area contributed by atoms with Crippen LogP contribution in [0.15, 0.2) is 24.3 Å². The van der Waals surface area contributed by atoms with Crippen LogP contribution in [-0.4, -0.2) is 50.9 Å². The van der Waals surface area contributed by atoms with Gasteiger partial charge in [-0.15, -0.1) is 0 Å². The molecule has 0 aliphatic rings. The zero-order chi connectivity index (χ0) is 16.0. The summed E-state index contributed by atoms with van der Waals surface area (Å²) in [6, 6.07) is 5.79. The fourth-order valence-electron chi connectivity index (χ4n) is 1.41. The molecule has 0 aliphatic heterocycles. The van der Waals surface area contributed by atoms with Crippen LogP contribution in [0, 0.1) is 0 Å². The van der Waals surface area contributed by atoms with Gasteiger partial charge in [0.2, 0.25) is 0 Å². The molecule has 8 heteroatoms. The van der Waals surface area contributed by atoms with Crippen molar-refractivity contribution in [3.63, 3.8) is 0 Å². The van der Waals surface area contributed by atoms with Gasteiger partial charge < -0.3 is 13.8 Å². The van der Waals surface area contributed by atoms with Gasteiger partial charge in [-0.05, 0) is 38.1 Å². The summed E-state index contributed by atoms with van der Waals surface area (Å²) in [7, 11) is -1.05. The molecule has 0 saturated carbocycles. The second kappa shape index (κ2) is 7.28. The number of hydrogen-bond acceptors (Lipinski definition) is 5. The summed E-state index contributed by atoms with van der Waals surface area (Å²) in [5.74, 6) is 0.466. The van der Waals surface area contributed by atoms with Crippen molar-refractivity contribution in [1.82, 2.24) is 9.21 Å². The summed E-state index contributed by atoms with van der Waals surface area (Å²) >= 11 is 0. The molecule has 21 heavy (non-hydrogen) atoms. The average Bonchev–Trinajstić information content (AvgIpc) is 2.42. The molecular formula is C13H20N2O5S. The summed E-state index contributed by atoms with van der Waals surface area (Å²) < 4.78 is 34.1. The molecule has 0 aromatic heterocycles. The number of amides is 1. The maximum atomic E-state index is 11.7. The maximum Gasteiger partial charge on any atom is 0.415 e. The first-order valence-corrected chi connectivity index (χ1v) is 7.85. The van der Waals surface area contributed by atoms with Crippen LogP contribution in [0.5, 0.6) is 11.5 Å². The standard InChI is InChI=1S/C13H20N2O5S/c1-5-15(6-2)13(16)19-11-7-9-12(10-8-11)20-21(17,18)14(3)4/h7-10H,5-6H2,1-4H3. The maximum absolute atomic E-state index is 11.7. The summed E-state index contributed by atoms with van der Waals surface area (Å²) in [4.78, 5) is 13.3. The quantitative estimate of drug-likeness (QED) is 0.798. The van der Waals surface area contributed by atoms with Crippen molar-refractivity contribution in [3.8, 4) is 11.5 Å². The van der Waals surface area contributed by atoms with Crippen LogP contribution in [0.25, 0.3) is 0 Å². The van der Waals surface area contributed by atoms with Crippen LogP contribution in [0.3, 0.4) is 0 Å². The monoisotopic (exact) mass is 316 g/mol. The highest BCUT2D eigenvalue weighted by atomic mass is 32.2. The van der Waals surface area contributed by atoms with Gasteiger partial charge in [-0.2, -0.15) is 12.7 Å². The minimum absolute atomic E-state index is 0.145. The lowest BCUT2D eigenvalue weighted by Gasteiger charge is -2.18. The smallest absolute Gasteiger partial charge is 0.410 e. The van der Waals surface area contributed by atoms with Gasteiger partial charge in [0.1, 0.15) is 11.5 Å². The predicted octanol–water partition coefficient (Wildman–Crippen LogP) is 1.71. The number of rotatable bonds is 6. The van der Waals surface area contributed by atoms with Crippen LogP contribution >= 0.6 is 0 Å². The first-order valence-electron chi connectivity index (χ1n) is 6.49. The Kier molecular flexibility index (Phi) is 5.98. The van der Waals surface area contributed by atoms with Crippen molar-refractivity contribution >= 4 is 16.4 Å². The van der Waals surface area contributed by atoms with E-state index < -0.39 is 16.4 Å². The van der Waals surface area contributed by atoms with Crippen molar-refractivity contribution < 1.29 is 22.1 Å². The molecule has 0 N–H and O–H groups in total. The lowest BCUT2D eigenvalue weighted by atomic mass is 10.3. The van der Waals surface area contributed by atoms with Crippen molar-refractivity contribution in [2.24, 2.45) is 0 Å². The van der Waals surface area contributed by atoms with Crippen LogP contribution in [0.1, 0.15) is 13.8 Å². The van der Waals surface area contributed by atoms with Crippen molar-refractivity contribution in [2.75, 3.05) is 27.2 Å². The zero-order valence-corrected chi connectivity index (χ0v) is 13.4. The molecule has 1 amide bonds. The van der Waals surface area contributed by atoms with E-state index in [0.29, 0.717) is 18.8 Å². The van der Waals surface area contributed by atoms with E-state index in [1.165, 1.54) is 43.3 Å². The van der Waals surface area contributed by atoms with Crippen LogP contribution < -0.4 is 8.92 Å². The minimum atomic E-state index is -3.79. The van der Waals surface area contributed by atoms with Gasteiger partial charge in [0.05, 0.1) is 0 Å². The van der Waals surface area contributed by atoms with Gasteiger partial charge in [0.15, 0.2) is 0 Å². The Labute approximate surface area is 125 Å². The van der Waals surface area contributed by atoms with E-state index in [0.717, 1.165) is 4.31 Å². The molecule has 1 rings (SSSR count). The molecule has 0 fully saturated rings. The summed E-state index contributed by atoms with van der Waals surface area (Å²) in [6.45, 7) is 4.82. The number of nitrogens with zero attached hydrogens (tertiary/aromatic N) is 2. The number of ether oxygens (including phenoxy) is 1. The minimum Gasteiger partial charge on any atom is -0.410 e. The van der Waals surface area contributed by atoms with E-state index in [1.807, 2.05) is 13.8 Å². The van der Waals surface area contributed by atoms with E-state index >= 15 is 0 Å². The van der Waals surface area contributed by atoms with E-state index in [-0.39, 0.29) is 5.75 Å². The highest BCUT2D eigenvalue weighted by molar-refractivity contribution is 7.84.